The van der Waals surface area contributed by atoms with Gasteiger partial charge < -0.3 is 27.5 Å². The molecule has 0 spiro atoms. The van der Waals surface area contributed by atoms with Crippen molar-refractivity contribution >= 4 is 18.0 Å². The second-order valence-electron chi connectivity index (χ2n) is 4.78. The third-order valence-electron chi connectivity index (χ3n) is 1.89. The summed E-state index contributed by atoms with van der Waals surface area (Å²) in [4.78, 5) is 34.4. The van der Waals surface area contributed by atoms with E-state index in [0.29, 0.717) is 0 Å². The fourth-order valence-corrected chi connectivity index (χ4v) is 1.15. The summed E-state index contributed by atoms with van der Waals surface area (Å²) >= 11 is 0. The maximum atomic E-state index is 11.7. The molecule has 0 heterocycles. The van der Waals surface area contributed by atoms with Gasteiger partial charge in [-0.1, -0.05) is 0 Å². The van der Waals surface area contributed by atoms with Crippen molar-refractivity contribution in [1.29, 1.82) is 0 Å². The Labute approximate surface area is 151 Å². The molecule has 0 bridgehead atoms. The maximum Gasteiger partial charge on any atom is 0.408 e. The fourth-order valence-electron chi connectivity index (χ4n) is 1.15. The first kappa shape index (κ1) is 25.3. The number of hydrogen-bond donors (Lipinski definition) is 2. The van der Waals surface area contributed by atoms with Gasteiger partial charge in [-0.25, -0.2) is 11.3 Å². The Morgan fingerprint density at radius 2 is 1.76 bits per heavy atom. The minimum absolute atomic E-state index is 0. The molecular weight excluding hydrogens is 353 g/mol. The van der Waals surface area contributed by atoms with Crippen LogP contribution in [-0.4, -0.2) is 36.7 Å². The van der Waals surface area contributed by atoms with Gasteiger partial charge in [0.05, 0.1) is 13.5 Å². The minimum atomic E-state index is -1.04. The summed E-state index contributed by atoms with van der Waals surface area (Å²) in [6.07, 6.45) is -1.04. The number of alkyl carbamates (subject to hydrolysis) is 1. The molecule has 0 aliphatic heterocycles. The molecule has 8 heteroatoms. The fraction of sp³-hybridized carbons (Fsp3) is 0.615. The van der Waals surface area contributed by atoms with Crippen LogP contribution < -0.4 is 10.6 Å². The number of carbonyl (C=O) groups excluding carboxylic acids is 3. The molecule has 7 nitrogen and oxygen atoms in total. The summed E-state index contributed by atoms with van der Waals surface area (Å²) in [7, 11) is 1.21. The zero-order valence-electron chi connectivity index (χ0n) is 13.5. The second-order valence-corrected chi connectivity index (χ2v) is 4.78. The Hall–Kier alpha value is -0.686. The van der Waals surface area contributed by atoms with Crippen LogP contribution in [0, 0.1) is 14.0 Å². The van der Waals surface area contributed by atoms with Crippen molar-refractivity contribution in [3.05, 3.63) is 14.0 Å². The molecule has 2 N–H and O–H groups in total. The van der Waals surface area contributed by atoms with E-state index in [0.717, 1.165) is 0 Å². The van der Waals surface area contributed by atoms with Crippen LogP contribution in [0.1, 0.15) is 34.1 Å². The van der Waals surface area contributed by atoms with Crippen molar-refractivity contribution in [2.45, 2.75) is 45.8 Å². The predicted octanol–water partition coefficient (Wildman–Crippen LogP) is 1.19. The molecule has 0 aromatic heterocycles. The monoisotopic (exact) mass is 377 g/mol. The van der Waals surface area contributed by atoms with Crippen LogP contribution in [-0.2, 0) is 51.8 Å². The number of ether oxygens (including phenoxy) is 2. The van der Waals surface area contributed by atoms with Crippen molar-refractivity contribution in [3.63, 3.8) is 0 Å². The van der Waals surface area contributed by atoms with Gasteiger partial charge in [0.1, 0.15) is 11.6 Å². The van der Waals surface area contributed by atoms with E-state index in [1.807, 2.05) is 0 Å². The molecule has 0 aliphatic carbocycles. The molecule has 121 valence electrons. The van der Waals surface area contributed by atoms with Crippen molar-refractivity contribution in [2.75, 3.05) is 7.11 Å². The topological polar surface area (TPSA) is 93.7 Å². The van der Waals surface area contributed by atoms with E-state index in [1.165, 1.54) is 13.7 Å². The normalized spacial score (nSPS) is 11.1. The van der Waals surface area contributed by atoms with Gasteiger partial charge in [-0.05, 0) is 20.8 Å². The quantitative estimate of drug-likeness (QED) is 0.555. The second kappa shape index (κ2) is 11.9. The maximum absolute atomic E-state index is 11.7. The van der Waals surface area contributed by atoms with Gasteiger partial charge in [0.15, 0.2) is 0 Å². The van der Waals surface area contributed by atoms with Crippen molar-refractivity contribution in [3.8, 4) is 0 Å². The average molecular weight is 377 g/mol. The number of carbonyl (C=O) groups is 3. The van der Waals surface area contributed by atoms with Gasteiger partial charge in [0, 0.05) is 32.7 Å². The summed E-state index contributed by atoms with van der Waals surface area (Å²) in [5.74, 6) is -1.12. The zero-order chi connectivity index (χ0) is 15.1. The third-order valence-corrected chi connectivity index (χ3v) is 1.89. The van der Waals surface area contributed by atoms with E-state index in [-0.39, 0.29) is 46.6 Å². The van der Waals surface area contributed by atoms with Gasteiger partial charge in [0.2, 0.25) is 5.91 Å². The molecule has 21 heavy (non-hydrogen) atoms. The van der Waals surface area contributed by atoms with E-state index >= 15 is 0 Å². The van der Waals surface area contributed by atoms with E-state index < -0.39 is 29.6 Å². The molecule has 0 aromatic carbocycles. The van der Waals surface area contributed by atoms with E-state index in [4.69, 9.17) is 4.74 Å². The Balaban J connectivity index is -0.00000162. The molecule has 0 aromatic rings. The van der Waals surface area contributed by atoms with Crippen LogP contribution in [0.3, 0.4) is 0 Å². The minimum Gasteiger partial charge on any atom is -0.504 e. The summed E-state index contributed by atoms with van der Waals surface area (Å²) in [5.41, 5.74) is -0.687. The van der Waals surface area contributed by atoms with Crippen LogP contribution in [0.4, 0.5) is 4.79 Å². The molecule has 1 radical (unpaired) electrons. The first-order chi connectivity index (χ1) is 8.69. The number of amides is 2. The van der Waals surface area contributed by atoms with Crippen molar-refractivity contribution in [2.24, 2.45) is 0 Å². The summed E-state index contributed by atoms with van der Waals surface area (Å²) < 4.78 is 9.49. The molecular formula is C13H24N2O5Y-2. The Bertz CT molecular complexity index is 342. The van der Waals surface area contributed by atoms with Gasteiger partial charge in [-0.2, -0.15) is 6.92 Å². The first-order valence-electron chi connectivity index (χ1n) is 5.84. The molecule has 1 atom stereocenters. The number of hydrogen-bond acceptors (Lipinski definition) is 5. The van der Waals surface area contributed by atoms with E-state index in [1.54, 1.807) is 27.7 Å². The van der Waals surface area contributed by atoms with Crippen LogP contribution in [0.5, 0.6) is 0 Å². The molecule has 2 amide bonds. The van der Waals surface area contributed by atoms with Crippen LogP contribution in [0.2, 0.25) is 0 Å². The van der Waals surface area contributed by atoms with Crippen LogP contribution in [0.25, 0.3) is 0 Å². The zero-order valence-corrected chi connectivity index (χ0v) is 16.3. The number of esters is 1. The van der Waals surface area contributed by atoms with Gasteiger partial charge in [0.25, 0.3) is 0 Å². The van der Waals surface area contributed by atoms with Crippen molar-refractivity contribution < 1.29 is 56.6 Å². The molecule has 0 aliphatic rings. The molecule has 0 fully saturated rings. The van der Waals surface area contributed by atoms with Crippen LogP contribution in [0.15, 0.2) is 0 Å². The summed E-state index contributed by atoms with van der Waals surface area (Å²) in [5, 5.41) is 4.73. The van der Waals surface area contributed by atoms with E-state index in [9.17, 15) is 14.4 Å². The number of rotatable bonds is 5. The molecule has 0 saturated carbocycles. The van der Waals surface area contributed by atoms with E-state index in [2.05, 4.69) is 15.4 Å². The SMILES string of the molecule is C[CH-]NC(=O)C(CC(=O)OC)NC(=O)OC(C)(C)C.[CH3-].[Y]. The largest absolute Gasteiger partial charge is 0.504 e. The third kappa shape index (κ3) is 12.7. The average Bonchev–Trinajstić information content (AvgIpc) is 2.25. The van der Waals surface area contributed by atoms with Gasteiger partial charge in [-0.15, -0.1) is 0 Å². The van der Waals surface area contributed by atoms with Crippen molar-refractivity contribution in [1.82, 2.24) is 10.6 Å². The molecule has 1 unspecified atom stereocenters. The Morgan fingerprint density at radius 3 is 2.14 bits per heavy atom. The van der Waals surface area contributed by atoms with Gasteiger partial charge in [-0.3, -0.25) is 9.59 Å². The standard InChI is InChI=1S/C12H21N2O5.CH3.Y/c1-6-13-10(16)8(7-9(15)18-5)14-11(17)19-12(2,3)4;;/h6,8H,7H2,1-5H3,(H,13,16)(H,14,17);1H3;/q2*-1;. The van der Waals surface area contributed by atoms with Gasteiger partial charge >= 0.3 is 12.1 Å². The predicted molar refractivity (Wildman–Crippen MR) is 74.3 cm³/mol. The first-order valence-corrected chi connectivity index (χ1v) is 5.84. The van der Waals surface area contributed by atoms with Crippen LogP contribution >= 0.6 is 0 Å². The number of nitrogens with one attached hydrogen (secondary N) is 2. The molecule has 0 rings (SSSR count). The summed E-state index contributed by atoms with van der Waals surface area (Å²) in [6.45, 7) is 8.11. The smallest absolute Gasteiger partial charge is 0.408 e. The number of methoxy groups -OCH3 is 1. The summed E-state index contributed by atoms with van der Waals surface area (Å²) in [6, 6.07) is -1.04. The molecule has 0 saturated heterocycles. The Morgan fingerprint density at radius 1 is 1.24 bits per heavy atom. The Kier molecular flexibility index (Phi) is 14.3.